The molecule has 0 radical (unpaired) electrons. The van der Waals surface area contributed by atoms with E-state index in [2.05, 4.69) is 0 Å². The molecule has 124 valence electrons. The zero-order valence-electron chi connectivity index (χ0n) is 10.7. The summed E-state index contributed by atoms with van der Waals surface area (Å²) >= 11 is 0. The van der Waals surface area contributed by atoms with E-state index in [1.54, 1.807) is 0 Å². The third kappa shape index (κ3) is 6.69. The molecule has 0 aliphatic rings. The molecule has 0 rings (SSSR count). The molecule has 0 aromatic heterocycles. The van der Waals surface area contributed by atoms with Crippen LogP contribution in [0.1, 0.15) is 25.7 Å². The summed E-state index contributed by atoms with van der Waals surface area (Å²) in [6.45, 7) is 0. The van der Waals surface area contributed by atoms with Gasteiger partial charge in [-0.15, -0.1) is 0 Å². The molecule has 0 aliphatic heterocycles. The van der Waals surface area contributed by atoms with Crippen LogP contribution in [-0.2, 0) is 41.6 Å². The average molecular weight is 400 g/mol. The molecule has 10 nitrogen and oxygen atoms in total. The predicted molar refractivity (Wildman–Crippen MR) is 62.8 cm³/mol. The van der Waals surface area contributed by atoms with Crippen molar-refractivity contribution in [3.63, 3.8) is 0 Å². The van der Waals surface area contributed by atoms with Crippen LogP contribution < -0.4 is 11.5 Å². The number of hydrogen-bond donors (Lipinski definition) is 6. The molecule has 0 amide bonds. The standard InChI is InChI=1S/C10H16N2O8.Ag/c11-9(1-5(13)14,2-6(15)16)10(12,3-7(17)18)4-8(19)20;/h1-4,11-12H2,(H,13,14)(H,15,16)(H,17,18)(H,19,20);/q;+1. The summed E-state index contributed by atoms with van der Waals surface area (Å²) in [5, 5.41) is 35.1. The molecule has 0 heterocycles. The Bertz CT molecular complexity index is 367. The van der Waals surface area contributed by atoms with Crippen molar-refractivity contribution in [3.05, 3.63) is 0 Å². The Morgan fingerprint density at radius 1 is 0.619 bits per heavy atom. The van der Waals surface area contributed by atoms with Gasteiger partial charge in [0.15, 0.2) is 0 Å². The molecule has 0 atom stereocenters. The summed E-state index contributed by atoms with van der Waals surface area (Å²) in [6.07, 6.45) is -3.90. The zero-order valence-corrected chi connectivity index (χ0v) is 12.2. The van der Waals surface area contributed by atoms with Crippen LogP contribution in [0.25, 0.3) is 0 Å². The minimum Gasteiger partial charge on any atom is -0.481 e. The summed E-state index contributed by atoms with van der Waals surface area (Å²) in [7, 11) is 0. The predicted octanol–water partition coefficient (Wildman–Crippen LogP) is -1.72. The number of carboxylic acids is 4. The molecule has 0 saturated carbocycles. The van der Waals surface area contributed by atoms with Gasteiger partial charge < -0.3 is 31.9 Å². The Morgan fingerprint density at radius 3 is 0.857 bits per heavy atom. The van der Waals surface area contributed by atoms with E-state index >= 15 is 0 Å². The Hall–Kier alpha value is -1.46. The first-order chi connectivity index (χ1) is 8.92. The van der Waals surface area contributed by atoms with Gasteiger partial charge in [-0.2, -0.15) is 0 Å². The second-order valence-corrected chi connectivity index (χ2v) is 4.59. The zero-order chi connectivity index (χ0) is 16.1. The van der Waals surface area contributed by atoms with Gasteiger partial charge in [0, 0.05) is 0 Å². The van der Waals surface area contributed by atoms with Crippen molar-refractivity contribution < 1.29 is 62.0 Å². The quantitative estimate of drug-likeness (QED) is 0.242. The molecule has 0 spiro atoms. The molecule has 0 unspecified atom stereocenters. The van der Waals surface area contributed by atoms with Crippen LogP contribution >= 0.6 is 0 Å². The van der Waals surface area contributed by atoms with Crippen molar-refractivity contribution in [2.45, 2.75) is 36.8 Å². The van der Waals surface area contributed by atoms with Crippen molar-refractivity contribution >= 4 is 23.9 Å². The number of rotatable bonds is 9. The largest absolute Gasteiger partial charge is 1.00 e. The van der Waals surface area contributed by atoms with Gasteiger partial charge >= 0.3 is 46.3 Å². The number of hydrogen-bond acceptors (Lipinski definition) is 6. The third-order valence-corrected chi connectivity index (χ3v) is 2.86. The molecule has 21 heavy (non-hydrogen) atoms. The molecule has 8 N–H and O–H groups in total. The molecule has 0 fully saturated rings. The molecular formula is C10H16AgN2O8+. The van der Waals surface area contributed by atoms with E-state index in [0.29, 0.717) is 0 Å². The number of nitrogens with two attached hydrogens (primary N) is 2. The van der Waals surface area contributed by atoms with E-state index in [1.807, 2.05) is 0 Å². The normalized spacial score (nSPS) is 11.3. The second-order valence-electron chi connectivity index (χ2n) is 4.59. The number of carboxylic acid groups (broad SMARTS) is 4. The van der Waals surface area contributed by atoms with Crippen LogP contribution in [0.4, 0.5) is 0 Å². The van der Waals surface area contributed by atoms with Crippen molar-refractivity contribution in [1.82, 2.24) is 0 Å². The molecule has 0 aromatic rings. The van der Waals surface area contributed by atoms with Crippen molar-refractivity contribution in [1.29, 1.82) is 0 Å². The van der Waals surface area contributed by atoms with Crippen LogP contribution in [0.2, 0.25) is 0 Å². The molecule has 0 aromatic carbocycles. The fourth-order valence-corrected chi connectivity index (χ4v) is 1.91. The Kier molecular flexibility index (Phi) is 8.42. The topological polar surface area (TPSA) is 201 Å². The summed E-state index contributed by atoms with van der Waals surface area (Å²) in [5.41, 5.74) is 6.88. The van der Waals surface area contributed by atoms with Gasteiger partial charge in [0.2, 0.25) is 0 Å². The average Bonchev–Trinajstić information content (AvgIpc) is 2.10. The minimum atomic E-state index is -2.22. The van der Waals surface area contributed by atoms with E-state index < -0.39 is 60.6 Å². The molecule has 0 bridgehead atoms. The maximum Gasteiger partial charge on any atom is 1.00 e. The first kappa shape index (κ1) is 21.8. The Labute approximate surface area is 134 Å². The summed E-state index contributed by atoms with van der Waals surface area (Å²) < 4.78 is 0. The first-order valence-corrected chi connectivity index (χ1v) is 5.37. The van der Waals surface area contributed by atoms with Crippen LogP contribution in [0.5, 0.6) is 0 Å². The summed E-state index contributed by atoms with van der Waals surface area (Å²) in [5.74, 6) is -6.06. The van der Waals surface area contributed by atoms with Crippen molar-refractivity contribution in [3.8, 4) is 0 Å². The van der Waals surface area contributed by atoms with Crippen LogP contribution in [-0.4, -0.2) is 55.4 Å². The van der Waals surface area contributed by atoms with Gasteiger partial charge in [-0.25, -0.2) is 0 Å². The van der Waals surface area contributed by atoms with Gasteiger partial charge in [0.05, 0.1) is 36.8 Å². The molecule has 11 heteroatoms. The van der Waals surface area contributed by atoms with Gasteiger partial charge in [-0.05, 0) is 0 Å². The maximum atomic E-state index is 10.8. The van der Waals surface area contributed by atoms with Crippen LogP contribution in [0.15, 0.2) is 0 Å². The Balaban J connectivity index is 0. The minimum absolute atomic E-state index is 0. The SMILES string of the molecule is NC(CC(=O)O)(CC(=O)O)C(N)(CC(=O)O)CC(=O)O.[Ag+]. The molecule has 0 saturated heterocycles. The maximum absolute atomic E-state index is 10.8. The van der Waals surface area contributed by atoms with E-state index in [1.165, 1.54) is 0 Å². The summed E-state index contributed by atoms with van der Waals surface area (Å²) in [4.78, 5) is 43.2. The number of aliphatic carboxylic acids is 4. The van der Waals surface area contributed by atoms with Crippen molar-refractivity contribution in [2.24, 2.45) is 11.5 Å². The van der Waals surface area contributed by atoms with E-state index in [9.17, 15) is 19.2 Å². The van der Waals surface area contributed by atoms with E-state index in [-0.39, 0.29) is 22.4 Å². The molecule has 0 aliphatic carbocycles. The van der Waals surface area contributed by atoms with Crippen LogP contribution in [0, 0.1) is 0 Å². The first-order valence-electron chi connectivity index (χ1n) is 5.37. The van der Waals surface area contributed by atoms with Crippen molar-refractivity contribution in [2.75, 3.05) is 0 Å². The summed E-state index contributed by atoms with van der Waals surface area (Å²) in [6, 6.07) is 0. The Morgan fingerprint density at radius 2 is 0.762 bits per heavy atom. The fraction of sp³-hybridized carbons (Fsp3) is 0.600. The third-order valence-electron chi connectivity index (χ3n) is 2.86. The van der Waals surface area contributed by atoms with Gasteiger partial charge in [-0.1, -0.05) is 0 Å². The monoisotopic (exact) mass is 399 g/mol. The van der Waals surface area contributed by atoms with E-state index in [0.717, 1.165) is 0 Å². The van der Waals surface area contributed by atoms with Gasteiger partial charge in [-0.3, -0.25) is 19.2 Å². The smallest absolute Gasteiger partial charge is 0.481 e. The van der Waals surface area contributed by atoms with Crippen LogP contribution in [0.3, 0.4) is 0 Å². The van der Waals surface area contributed by atoms with E-state index in [4.69, 9.17) is 31.9 Å². The van der Waals surface area contributed by atoms with Gasteiger partial charge in [0.25, 0.3) is 0 Å². The fourth-order valence-electron chi connectivity index (χ4n) is 1.91. The second kappa shape index (κ2) is 8.10. The molecular weight excluding hydrogens is 384 g/mol. The van der Waals surface area contributed by atoms with Gasteiger partial charge in [0.1, 0.15) is 0 Å². The number of carbonyl (C=O) groups is 4.